The van der Waals surface area contributed by atoms with Crippen LogP contribution in [0, 0.1) is 17.3 Å². The number of carbonyl (C=O) groups is 3. The van der Waals surface area contributed by atoms with E-state index in [1.54, 1.807) is 35.7 Å². The molecule has 3 aliphatic rings. The summed E-state index contributed by atoms with van der Waals surface area (Å²) in [5.41, 5.74) is -0.509. The average Bonchev–Trinajstić information content (AvgIpc) is 3.40. The maximum atomic E-state index is 14.8. The lowest BCUT2D eigenvalue weighted by Crippen LogP contribution is -2.61. The van der Waals surface area contributed by atoms with E-state index >= 15 is 0 Å². The molecule has 220 valence electrons. The molecule has 0 radical (unpaired) electrons. The van der Waals surface area contributed by atoms with Gasteiger partial charge in [0.15, 0.2) is 0 Å². The van der Waals surface area contributed by atoms with Gasteiger partial charge in [-0.3, -0.25) is 14.4 Å². The molecule has 39 heavy (non-hydrogen) atoms. The van der Waals surface area contributed by atoms with Crippen molar-refractivity contribution in [3.8, 4) is 0 Å². The molecule has 3 saturated heterocycles. The molecule has 6 atom stereocenters. The number of amides is 3. The second kappa shape index (κ2) is 11.2. The Morgan fingerprint density at radius 2 is 1.77 bits per heavy atom. The van der Waals surface area contributed by atoms with E-state index in [9.17, 15) is 19.5 Å². The Hall–Kier alpha value is -1.80. The van der Waals surface area contributed by atoms with Gasteiger partial charge in [0.2, 0.25) is 17.7 Å². The molecule has 0 aliphatic carbocycles. The minimum Gasteiger partial charge on any atom is -0.394 e. The van der Waals surface area contributed by atoms with Crippen LogP contribution in [0.4, 0.5) is 0 Å². The highest BCUT2D eigenvalue weighted by atomic mass is 32.2. The Morgan fingerprint density at radius 1 is 1.15 bits per heavy atom. The van der Waals surface area contributed by atoms with Gasteiger partial charge in [-0.1, -0.05) is 39.8 Å². The summed E-state index contributed by atoms with van der Waals surface area (Å²) in [5.74, 6) is -1.42. The highest BCUT2D eigenvalue weighted by Crippen LogP contribution is 2.72. The number of hydrogen-bond acceptors (Lipinski definition) is 5. The van der Waals surface area contributed by atoms with Crippen LogP contribution in [0.15, 0.2) is 25.3 Å². The van der Waals surface area contributed by atoms with E-state index in [2.05, 4.69) is 54.7 Å². The SMILES string of the molecule is C=CCN(CCC)C(=O)[C@H]1[C@H]2C(=O)N([C@H](C)CO)C(C(=O)N(CC=C)C(C)(C)CC(C)(C)C)C23CC[C@]1(C)S3. The third kappa shape index (κ3) is 5.44. The number of rotatable bonds is 12. The third-order valence-electron chi connectivity index (χ3n) is 8.88. The van der Waals surface area contributed by atoms with E-state index < -0.39 is 39.0 Å². The van der Waals surface area contributed by atoms with Crippen molar-refractivity contribution in [3.05, 3.63) is 25.3 Å². The highest BCUT2D eigenvalue weighted by Gasteiger charge is 2.78. The Balaban J connectivity index is 2.14. The minimum atomic E-state index is -0.750. The molecule has 1 spiro atoms. The summed E-state index contributed by atoms with van der Waals surface area (Å²) >= 11 is 1.68. The van der Waals surface area contributed by atoms with Crippen LogP contribution in [-0.4, -0.2) is 90.9 Å². The molecule has 2 unspecified atom stereocenters. The number of nitrogens with zero attached hydrogens (tertiary/aromatic N) is 3. The number of fused-ring (bicyclic) bond motifs is 1. The van der Waals surface area contributed by atoms with Crippen LogP contribution in [-0.2, 0) is 14.4 Å². The van der Waals surface area contributed by atoms with Crippen molar-refractivity contribution >= 4 is 29.5 Å². The Morgan fingerprint density at radius 3 is 2.28 bits per heavy atom. The van der Waals surface area contributed by atoms with Crippen LogP contribution in [0.25, 0.3) is 0 Å². The predicted octanol–water partition coefficient (Wildman–Crippen LogP) is 4.50. The van der Waals surface area contributed by atoms with Crippen molar-refractivity contribution in [2.24, 2.45) is 17.3 Å². The van der Waals surface area contributed by atoms with Crippen LogP contribution >= 0.6 is 11.8 Å². The summed E-state index contributed by atoms with van der Waals surface area (Å²) < 4.78 is -1.14. The van der Waals surface area contributed by atoms with Gasteiger partial charge in [0, 0.05) is 29.9 Å². The normalized spacial score (nSPS) is 30.7. The zero-order valence-electron chi connectivity index (χ0n) is 25.5. The van der Waals surface area contributed by atoms with Gasteiger partial charge in [-0.15, -0.1) is 24.9 Å². The number of thioether (sulfide) groups is 1. The van der Waals surface area contributed by atoms with Crippen molar-refractivity contribution in [2.75, 3.05) is 26.2 Å². The fourth-order valence-corrected chi connectivity index (χ4v) is 10.1. The number of aliphatic hydroxyl groups excluding tert-OH is 1. The highest BCUT2D eigenvalue weighted by molar-refractivity contribution is 8.02. The van der Waals surface area contributed by atoms with Crippen molar-refractivity contribution in [2.45, 2.75) is 108 Å². The molecule has 0 saturated carbocycles. The first-order valence-electron chi connectivity index (χ1n) is 14.5. The topological polar surface area (TPSA) is 81.2 Å². The van der Waals surface area contributed by atoms with Gasteiger partial charge < -0.3 is 19.8 Å². The van der Waals surface area contributed by atoms with Gasteiger partial charge in [0.25, 0.3) is 0 Å². The van der Waals surface area contributed by atoms with Crippen molar-refractivity contribution in [3.63, 3.8) is 0 Å². The lowest BCUT2D eigenvalue weighted by atomic mass is 9.66. The molecule has 3 aliphatic heterocycles. The number of hydrogen-bond donors (Lipinski definition) is 1. The van der Waals surface area contributed by atoms with E-state index in [0.717, 1.165) is 19.3 Å². The number of carbonyl (C=O) groups excluding carboxylic acids is 3. The van der Waals surface area contributed by atoms with Crippen molar-refractivity contribution < 1.29 is 19.5 Å². The molecule has 3 rings (SSSR count). The van der Waals surface area contributed by atoms with Gasteiger partial charge in [-0.25, -0.2) is 0 Å². The maximum absolute atomic E-state index is 14.8. The smallest absolute Gasteiger partial charge is 0.247 e. The Kier molecular flexibility index (Phi) is 9.13. The van der Waals surface area contributed by atoms with Crippen molar-refractivity contribution in [1.29, 1.82) is 0 Å². The average molecular weight is 562 g/mol. The molecule has 7 nitrogen and oxygen atoms in total. The first kappa shape index (κ1) is 31.7. The maximum Gasteiger partial charge on any atom is 0.247 e. The lowest BCUT2D eigenvalue weighted by Gasteiger charge is -2.46. The third-order valence-corrected chi connectivity index (χ3v) is 10.9. The van der Waals surface area contributed by atoms with Crippen LogP contribution in [0.3, 0.4) is 0 Å². The summed E-state index contributed by atoms with van der Waals surface area (Å²) in [6.45, 7) is 25.5. The monoisotopic (exact) mass is 561 g/mol. The second-order valence-corrected chi connectivity index (χ2v) is 15.8. The standard InChI is InChI=1S/C31H51N3O4S/c1-11-16-32(17-12-2)25(36)22-23-26(37)34(21(4)19-35)24(31(23)15-14-30(22,10)39-31)27(38)33(18-13-3)29(8,9)20-28(5,6)7/h11,13,21-24,35H,1,3,12,14-20H2,2,4-10H3/t21-,22-,23+,24?,30+,31?/m1/s1. The molecule has 3 heterocycles. The quantitative estimate of drug-likeness (QED) is 0.355. The van der Waals surface area contributed by atoms with Gasteiger partial charge in [0.1, 0.15) is 6.04 Å². The fourth-order valence-electron chi connectivity index (χ4n) is 7.80. The molecule has 3 amide bonds. The van der Waals surface area contributed by atoms with Gasteiger partial charge in [-0.2, -0.15) is 0 Å². The number of likely N-dealkylation sites (tertiary alicyclic amines) is 1. The summed E-state index contributed by atoms with van der Waals surface area (Å²) in [4.78, 5) is 48.6. The van der Waals surface area contributed by atoms with E-state index in [1.807, 2.05) is 16.7 Å². The van der Waals surface area contributed by atoms with Crippen LogP contribution in [0.2, 0.25) is 0 Å². The Labute approximate surface area is 240 Å². The molecular weight excluding hydrogens is 510 g/mol. The predicted molar refractivity (Wildman–Crippen MR) is 159 cm³/mol. The first-order chi connectivity index (χ1) is 18.0. The zero-order chi connectivity index (χ0) is 29.6. The van der Waals surface area contributed by atoms with Crippen LogP contribution in [0.1, 0.15) is 81.1 Å². The van der Waals surface area contributed by atoms with Crippen molar-refractivity contribution in [1.82, 2.24) is 14.7 Å². The van der Waals surface area contributed by atoms with Gasteiger partial charge in [0.05, 0.1) is 29.2 Å². The minimum absolute atomic E-state index is 0.0208. The first-order valence-corrected chi connectivity index (χ1v) is 15.3. The molecule has 3 fully saturated rings. The van der Waals surface area contributed by atoms with Gasteiger partial charge in [-0.05, 0) is 58.8 Å². The van der Waals surface area contributed by atoms with E-state index in [0.29, 0.717) is 26.1 Å². The molecule has 8 heteroatoms. The summed E-state index contributed by atoms with van der Waals surface area (Å²) in [5, 5.41) is 10.2. The van der Waals surface area contributed by atoms with Crippen LogP contribution < -0.4 is 0 Å². The summed E-state index contributed by atoms with van der Waals surface area (Å²) in [6, 6.07) is -1.29. The fraction of sp³-hybridized carbons (Fsp3) is 0.774. The number of aliphatic hydroxyl groups is 1. The molecule has 1 N–H and O–H groups in total. The molecular formula is C31H51N3O4S. The second-order valence-electron chi connectivity index (χ2n) is 13.9. The molecule has 0 aromatic rings. The van der Waals surface area contributed by atoms with Gasteiger partial charge >= 0.3 is 0 Å². The van der Waals surface area contributed by atoms with Crippen LogP contribution in [0.5, 0.6) is 0 Å². The molecule has 0 aromatic heterocycles. The lowest BCUT2D eigenvalue weighted by molar-refractivity contribution is -0.149. The molecule has 0 aromatic carbocycles. The summed E-state index contributed by atoms with van der Waals surface area (Å²) in [6.07, 6.45) is 6.53. The Bertz CT molecular complexity index is 991. The van der Waals surface area contributed by atoms with E-state index in [-0.39, 0.29) is 29.7 Å². The largest absolute Gasteiger partial charge is 0.394 e. The summed E-state index contributed by atoms with van der Waals surface area (Å²) in [7, 11) is 0. The van der Waals surface area contributed by atoms with E-state index in [4.69, 9.17) is 0 Å². The van der Waals surface area contributed by atoms with E-state index in [1.165, 1.54) is 0 Å². The molecule has 2 bridgehead atoms. The zero-order valence-corrected chi connectivity index (χ0v) is 26.3.